The molecule has 0 aliphatic rings. The van der Waals surface area contributed by atoms with Crippen molar-refractivity contribution in [1.82, 2.24) is 0 Å². The molecule has 2 N–H and O–H groups in total. The van der Waals surface area contributed by atoms with Crippen LogP contribution in [0, 0.1) is 16.7 Å². The summed E-state index contributed by atoms with van der Waals surface area (Å²) in [4.78, 5) is 11.6. The van der Waals surface area contributed by atoms with Crippen LogP contribution in [0.3, 0.4) is 0 Å². The molecular weight excluding hydrogens is 308 g/mol. The number of hydrogen-bond acceptors (Lipinski definition) is 4. The number of nitrogen functional groups attached to an aromatic ring is 1. The standard InChI is InChI=1S/C14H17BrN2O2/c1-9(18)11-6-10(15)7-12(17)13(11)19-5-4-14(2,3)8-16/h6-7H,4-5,17H2,1-3H3. The number of ether oxygens (including phenoxy) is 1. The first-order valence-electron chi connectivity index (χ1n) is 5.91. The van der Waals surface area contributed by atoms with Crippen molar-refractivity contribution in [3.05, 3.63) is 22.2 Å². The summed E-state index contributed by atoms with van der Waals surface area (Å²) >= 11 is 3.30. The van der Waals surface area contributed by atoms with E-state index >= 15 is 0 Å². The number of rotatable bonds is 5. The van der Waals surface area contributed by atoms with E-state index in [-0.39, 0.29) is 5.78 Å². The van der Waals surface area contributed by atoms with Gasteiger partial charge in [0.2, 0.25) is 0 Å². The van der Waals surface area contributed by atoms with Crippen LogP contribution >= 0.6 is 15.9 Å². The summed E-state index contributed by atoms with van der Waals surface area (Å²) in [6.07, 6.45) is 0.566. The molecule has 19 heavy (non-hydrogen) atoms. The molecular formula is C14H17BrN2O2. The van der Waals surface area contributed by atoms with Crippen molar-refractivity contribution in [2.45, 2.75) is 27.2 Å². The van der Waals surface area contributed by atoms with Gasteiger partial charge < -0.3 is 10.5 Å². The number of benzene rings is 1. The average molecular weight is 325 g/mol. The zero-order valence-corrected chi connectivity index (χ0v) is 12.9. The second kappa shape index (κ2) is 6.07. The second-order valence-electron chi connectivity index (χ2n) is 5.02. The average Bonchev–Trinajstić information content (AvgIpc) is 2.31. The third-order valence-corrected chi connectivity index (χ3v) is 3.20. The van der Waals surface area contributed by atoms with Crippen molar-refractivity contribution >= 4 is 27.4 Å². The predicted molar refractivity (Wildman–Crippen MR) is 78.1 cm³/mol. The van der Waals surface area contributed by atoms with E-state index in [1.807, 2.05) is 13.8 Å². The third-order valence-electron chi connectivity index (χ3n) is 2.74. The van der Waals surface area contributed by atoms with E-state index in [0.717, 1.165) is 4.47 Å². The maximum absolute atomic E-state index is 11.6. The molecule has 1 aromatic rings. The molecule has 0 heterocycles. The van der Waals surface area contributed by atoms with Crippen LogP contribution in [0.1, 0.15) is 37.6 Å². The fourth-order valence-electron chi connectivity index (χ4n) is 1.50. The molecule has 0 radical (unpaired) electrons. The van der Waals surface area contributed by atoms with Crippen LogP contribution in [-0.2, 0) is 0 Å². The summed E-state index contributed by atoms with van der Waals surface area (Å²) in [6.45, 7) is 5.49. The molecule has 0 aliphatic heterocycles. The predicted octanol–water partition coefficient (Wildman–Crippen LogP) is 3.55. The maximum Gasteiger partial charge on any atom is 0.163 e. The van der Waals surface area contributed by atoms with Crippen LogP contribution < -0.4 is 10.5 Å². The minimum absolute atomic E-state index is 0.109. The minimum Gasteiger partial charge on any atom is -0.491 e. The highest BCUT2D eigenvalue weighted by Gasteiger charge is 2.18. The Morgan fingerprint density at radius 3 is 2.68 bits per heavy atom. The Balaban J connectivity index is 2.90. The lowest BCUT2D eigenvalue weighted by Crippen LogP contribution is -2.14. The third kappa shape index (κ3) is 4.25. The van der Waals surface area contributed by atoms with E-state index < -0.39 is 5.41 Å². The number of carbonyl (C=O) groups excluding carboxylic acids is 1. The highest BCUT2D eigenvalue weighted by atomic mass is 79.9. The van der Waals surface area contributed by atoms with Gasteiger partial charge in [0, 0.05) is 4.47 Å². The molecule has 0 bridgehead atoms. The van der Waals surface area contributed by atoms with Crippen molar-refractivity contribution < 1.29 is 9.53 Å². The quantitative estimate of drug-likeness (QED) is 0.663. The van der Waals surface area contributed by atoms with Gasteiger partial charge in [-0.25, -0.2) is 0 Å². The summed E-state index contributed by atoms with van der Waals surface area (Å²) in [7, 11) is 0. The van der Waals surface area contributed by atoms with Gasteiger partial charge >= 0.3 is 0 Å². The van der Waals surface area contributed by atoms with E-state index in [9.17, 15) is 4.79 Å². The number of Topliss-reactive ketones (excluding diaryl/α,β-unsaturated/α-hetero) is 1. The lowest BCUT2D eigenvalue weighted by atomic mass is 9.92. The highest BCUT2D eigenvalue weighted by Crippen LogP contribution is 2.32. The zero-order valence-electron chi connectivity index (χ0n) is 11.3. The molecule has 0 aliphatic carbocycles. The van der Waals surface area contributed by atoms with Gasteiger partial charge in [-0.15, -0.1) is 0 Å². The maximum atomic E-state index is 11.6. The topological polar surface area (TPSA) is 76.1 Å². The molecule has 0 fully saturated rings. The Hall–Kier alpha value is -1.54. The Morgan fingerprint density at radius 2 is 2.16 bits per heavy atom. The van der Waals surface area contributed by atoms with Gasteiger partial charge in [-0.3, -0.25) is 4.79 Å². The molecule has 0 spiro atoms. The molecule has 4 nitrogen and oxygen atoms in total. The Morgan fingerprint density at radius 1 is 1.53 bits per heavy atom. The van der Waals surface area contributed by atoms with Crippen molar-refractivity contribution in [3.63, 3.8) is 0 Å². The van der Waals surface area contributed by atoms with Gasteiger partial charge in [0.15, 0.2) is 11.5 Å². The Bertz CT molecular complexity index is 533. The number of anilines is 1. The van der Waals surface area contributed by atoms with Gasteiger partial charge in [0.1, 0.15) is 0 Å². The number of halogens is 1. The minimum atomic E-state index is -0.458. The SMILES string of the molecule is CC(=O)c1cc(Br)cc(N)c1OCCC(C)(C)C#N. The number of hydrogen-bond donors (Lipinski definition) is 1. The first kappa shape index (κ1) is 15.5. The number of carbonyl (C=O) groups is 1. The molecule has 1 aromatic carbocycles. The number of nitriles is 1. The monoisotopic (exact) mass is 324 g/mol. The fourth-order valence-corrected chi connectivity index (χ4v) is 1.98. The second-order valence-corrected chi connectivity index (χ2v) is 5.94. The van der Waals surface area contributed by atoms with Crippen LogP contribution in [0.25, 0.3) is 0 Å². The van der Waals surface area contributed by atoms with Crippen LogP contribution in [0.5, 0.6) is 5.75 Å². The van der Waals surface area contributed by atoms with Crippen molar-refractivity contribution in [2.24, 2.45) is 5.41 Å². The van der Waals surface area contributed by atoms with E-state index in [0.29, 0.717) is 30.0 Å². The number of nitrogens with two attached hydrogens (primary N) is 1. The normalized spacial score (nSPS) is 10.9. The van der Waals surface area contributed by atoms with E-state index in [1.54, 1.807) is 12.1 Å². The molecule has 5 heteroatoms. The smallest absolute Gasteiger partial charge is 0.163 e. The fraction of sp³-hybridized carbons (Fsp3) is 0.429. The molecule has 1 rings (SSSR count). The largest absolute Gasteiger partial charge is 0.491 e. The van der Waals surface area contributed by atoms with Gasteiger partial charge in [-0.1, -0.05) is 15.9 Å². The van der Waals surface area contributed by atoms with Crippen molar-refractivity contribution in [1.29, 1.82) is 5.26 Å². The number of nitrogens with zero attached hydrogens (tertiary/aromatic N) is 1. The lowest BCUT2D eigenvalue weighted by molar-refractivity contribution is 0.101. The molecule has 0 amide bonds. The Labute approximate surface area is 121 Å². The molecule has 0 aromatic heterocycles. The molecule has 0 saturated heterocycles. The van der Waals surface area contributed by atoms with Gasteiger partial charge in [-0.05, 0) is 39.3 Å². The molecule has 0 unspecified atom stereocenters. The summed E-state index contributed by atoms with van der Waals surface area (Å²) in [5.41, 5.74) is 6.27. The zero-order chi connectivity index (χ0) is 14.6. The Kier molecular flexibility index (Phi) is 4.96. The van der Waals surface area contributed by atoms with Crippen LogP contribution in [-0.4, -0.2) is 12.4 Å². The summed E-state index contributed by atoms with van der Waals surface area (Å²) < 4.78 is 6.34. The van der Waals surface area contributed by atoms with Gasteiger partial charge in [0.25, 0.3) is 0 Å². The summed E-state index contributed by atoms with van der Waals surface area (Å²) in [6, 6.07) is 5.58. The molecule has 0 saturated carbocycles. The molecule has 0 atom stereocenters. The van der Waals surface area contributed by atoms with Crippen molar-refractivity contribution in [2.75, 3.05) is 12.3 Å². The summed E-state index contributed by atoms with van der Waals surface area (Å²) in [5.74, 6) is 0.284. The summed E-state index contributed by atoms with van der Waals surface area (Å²) in [5, 5.41) is 8.93. The van der Waals surface area contributed by atoms with Crippen LogP contribution in [0.4, 0.5) is 5.69 Å². The highest BCUT2D eigenvalue weighted by molar-refractivity contribution is 9.10. The first-order chi connectivity index (χ1) is 8.76. The first-order valence-corrected chi connectivity index (χ1v) is 6.70. The lowest BCUT2D eigenvalue weighted by Gasteiger charge is -2.17. The van der Waals surface area contributed by atoms with Gasteiger partial charge in [0.05, 0.1) is 29.3 Å². The number of ketones is 1. The van der Waals surface area contributed by atoms with Gasteiger partial charge in [-0.2, -0.15) is 5.26 Å². The van der Waals surface area contributed by atoms with Crippen LogP contribution in [0.15, 0.2) is 16.6 Å². The molecule has 102 valence electrons. The van der Waals surface area contributed by atoms with E-state index in [4.69, 9.17) is 15.7 Å². The van der Waals surface area contributed by atoms with E-state index in [2.05, 4.69) is 22.0 Å². The van der Waals surface area contributed by atoms with Crippen LogP contribution in [0.2, 0.25) is 0 Å². The van der Waals surface area contributed by atoms with E-state index in [1.165, 1.54) is 6.92 Å². The van der Waals surface area contributed by atoms with Crippen molar-refractivity contribution in [3.8, 4) is 11.8 Å².